The normalized spacial score (nSPS) is 13.9. The first-order valence-corrected chi connectivity index (χ1v) is 11.2. The Labute approximate surface area is 194 Å². The van der Waals surface area contributed by atoms with Gasteiger partial charge in [0.2, 0.25) is 0 Å². The van der Waals surface area contributed by atoms with Gasteiger partial charge in [0, 0.05) is 19.0 Å². The zero-order valence-electron chi connectivity index (χ0n) is 18.3. The fraction of sp³-hybridized carbons (Fsp3) is 0.409. The van der Waals surface area contributed by atoms with Crippen LogP contribution in [0.1, 0.15) is 55.7 Å². The number of amides is 1. The van der Waals surface area contributed by atoms with Crippen molar-refractivity contribution >= 4 is 23.3 Å². The molecule has 1 unspecified atom stereocenters. The van der Waals surface area contributed by atoms with Gasteiger partial charge >= 0.3 is 5.69 Å². The Bertz CT molecular complexity index is 1240. The third kappa shape index (κ3) is 4.75. The Balaban J connectivity index is 1.76. The molecule has 0 saturated heterocycles. The van der Waals surface area contributed by atoms with Crippen molar-refractivity contribution in [3.63, 3.8) is 0 Å². The summed E-state index contributed by atoms with van der Waals surface area (Å²) in [7, 11) is 0. The van der Waals surface area contributed by atoms with Crippen LogP contribution in [0.2, 0.25) is 5.02 Å². The van der Waals surface area contributed by atoms with Gasteiger partial charge in [-0.25, -0.2) is 19.2 Å². The minimum atomic E-state index is -0.776. The summed E-state index contributed by atoms with van der Waals surface area (Å²) in [6, 6.07) is 2.39. The van der Waals surface area contributed by atoms with E-state index in [1.807, 2.05) is 13.8 Å². The molecule has 0 saturated carbocycles. The van der Waals surface area contributed by atoms with E-state index in [-0.39, 0.29) is 33.9 Å². The van der Waals surface area contributed by atoms with Crippen molar-refractivity contribution in [3.05, 3.63) is 57.4 Å². The lowest BCUT2D eigenvalue weighted by atomic mass is 10.1. The lowest BCUT2D eigenvalue weighted by Crippen LogP contribution is -2.27. The van der Waals surface area contributed by atoms with Crippen molar-refractivity contribution < 1.29 is 13.9 Å². The van der Waals surface area contributed by atoms with E-state index in [9.17, 15) is 9.59 Å². The number of rotatable bonds is 7. The summed E-state index contributed by atoms with van der Waals surface area (Å²) in [5, 5.41) is 7.02. The molecule has 9 nitrogen and oxygen atoms in total. The summed E-state index contributed by atoms with van der Waals surface area (Å²) in [6.07, 6.45) is 6.36. The second-order valence-electron chi connectivity index (χ2n) is 7.91. The molecule has 0 bridgehead atoms. The van der Waals surface area contributed by atoms with Crippen molar-refractivity contribution in [1.29, 1.82) is 0 Å². The molecule has 2 aromatic heterocycles. The van der Waals surface area contributed by atoms with Crippen LogP contribution in [0.5, 0.6) is 5.75 Å². The Morgan fingerprint density at radius 2 is 2.18 bits per heavy atom. The topological polar surface area (TPSA) is 104 Å². The van der Waals surface area contributed by atoms with Crippen LogP contribution in [0.4, 0.5) is 10.2 Å². The van der Waals surface area contributed by atoms with E-state index < -0.39 is 17.4 Å². The molecule has 1 aromatic carbocycles. The van der Waals surface area contributed by atoms with E-state index in [1.54, 1.807) is 4.57 Å². The zero-order valence-corrected chi connectivity index (χ0v) is 19.1. The van der Waals surface area contributed by atoms with E-state index in [1.165, 1.54) is 18.6 Å². The highest BCUT2D eigenvalue weighted by molar-refractivity contribution is 6.33. The minimum Gasteiger partial charge on any atom is -0.490 e. The van der Waals surface area contributed by atoms with E-state index in [4.69, 9.17) is 16.3 Å². The highest BCUT2D eigenvalue weighted by Gasteiger charge is 2.24. The molecule has 1 atom stereocenters. The molecule has 174 valence electrons. The predicted molar refractivity (Wildman–Crippen MR) is 121 cm³/mol. The van der Waals surface area contributed by atoms with Crippen LogP contribution in [0.3, 0.4) is 0 Å². The van der Waals surface area contributed by atoms with Gasteiger partial charge in [0.15, 0.2) is 5.82 Å². The second kappa shape index (κ2) is 9.70. The summed E-state index contributed by atoms with van der Waals surface area (Å²) in [6.45, 7) is 4.42. The van der Waals surface area contributed by atoms with Gasteiger partial charge in [-0.2, -0.15) is 4.68 Å². The van der Waals surface area contributed by atoms with Gasteiger partial charge in [-0.15, -0.1) is 5.10 Å². The number of hydrogen-bond acceptors (Lipinski definition) is 6. The molecule has 0 aliphatic carbocycles. The van der Waals surface area contributed by atoms with Crippen molar-refractivity contribution in [3.8, 4) is 11.4 Å². The van der Waals surface area contributed by atoms with Crippen LogP contribution in [0.15, 0.2) is 29.5 Å². The van der Waals surface area contributed by atoms with Crippen LogP contribution in [-0.2, 0) is 13.0 Å². The molecule has 0 fully saturated rings. The average Bonchev–Trinajstić information content (AvgIpc) is 3.13. The number of nitrogens with zero attached hydrogens (tertiary/aromatic N) is 5. The number of benzene rings is 1. The molecule has 1 aliphatic rings. The summed E-state index contributed by atoms with van der Waals surface area (Å²) in [5.41, 5.74) is -0.538. The van der Waals surface area contributed by atoms with Crippen LogP contribution in [0, 0.1) is 5.82 Å². The third-order valence-electron chi connectivity index (χ3n) is 5.42. The molecule has 1 aliphatic heterocycles. The number of aryl methyl sites for hydroxylation is 1. The average molecular weight is 475 g/mol. The molecule has 0 spiro atoms. The molecular weight excluding hydrogens is 451 g/mol. The van der Waals surface area contributed by atoms with E-state index in [2.05, 4.69) is 20.4 Å². The number of hydrogen-bond donors (Lipinski definition) is 1. The Morgan fingerprint density at radius 3 is 2.91 bits per heavy atom. The van der Waals surface area contributed by atoms with Crippen molar-refractivity contribution in [2.45, 2.75) is 58.6 Å². The zero-order chi connectivity index (χ0) is 23.5. The minimum absolute atomic E-state index is 0.0501. The Hall–Kier alpha value is -3.27. The number of nitrogens with one attached hydrogen (secondary N) is 1. The Kier molecular flexibility index (Phi) is 6.73. The first-order chi connectivity index (χ1) is 15.9. The maximum Gasteiger partial charge on any atom is 0.350 e. The van der Waals surface area contributed by atoms with Gasteiger partial charge in [0.05, 0.1) is 17.9 Å². The number of carbonyl (C=O) groups excluding carboxylic acids is 1. The number of ether oxygens (including phenoxy) is 1. The largest absolute Gasteiger partial charge is 0.490 e. The number of aromatic nitrogens is 5. The molecule has 0 radical (unpaired) electrons. The molecule has 11 heteroatoms. The quantitative estimate of drug-likeness (QED) is 0.559. The predicted octanol–water partition coefficient (Wildman–Crippen LogP) is 3.77. The monoisotopic (exact) mass is 474 g/mol. The van der Waals surface area contributed by atoms with E-state index in [0.717, 1.165) is 36.4 Å². The van der Waals surface area contributed by atoms with Gasteiger partial charge in [-0.1, -0.05) is 24.9 Å². The van der Waals surface area contributed by atoms with Gasteiger partial charge in [-0.05, 0) is 32.3 Å². The van der Waals surface area contributed by atoms with Crippen molar-refractivity contribution in [2.75, 3.05) is 5.32 Å². The van der Waals surface area contributed by atoms with E-state index >= 15 is 4.39 Å². The summed E-state index contributed by atoms with van der Waals surface area (Å²) in [4.78, 5) is 33.5. The second-order valence-corrected chi connectivity index (χ2v) is 8.32. The smallest absolute Gasteiger partial charge is 0.350 e. The highest BCUT2D eigenvalue weighted by Crippen LogP contribution is 2.28. The molecule has 1 N–H and O–H groups in total. The maximum atomic E-state index is 15.2. The summed E-state index contributed by atoms with van der Waals surface area (Å²) < 4.78 is 23.8. The first-order valence-electron chi connectivity index (χ1n) is 10.8. The first kappa shape index (κ1) is 22.9. The van der Waals surface area contributed by atoms with Gasteiger partial charge in [-0.3, -0.25) is 9.36 Å². The third-order valence-corrected chi connectivity index (χ3v) is 5.69. The number of fused-ring (bicyclic) bond motifs is 1. The maximum absolute atomic E-state index is 15.2. The summed E-state index contributed by atoms with van der Waals surface area (Å²) in [5.74, 6) is -0.592. The van der Waals surface area contributed by atoms with Crippen LogP contribution in [-0.4, -0.2) is 36.3 Å². The van der Waals surface area contributed by atoms with Crippen LogP contribution in [0.25, 0.3) is 5.69 Å². The highest BCUT2D eigenvalue weighted by atomic mass is 35.5. The molecule has 3 aromatic rings. The number of anilines is 1. The molecule has 3 heterocycles. The molecule has 4 rings (SSSR count). The molecule has 33 heavy (non-hydrogen) atoms. The number of carbonyl (C=O) groups is 1. The van der Waals surface area contributed by atoms with Gasteiger partial charge < -0.3 is 10.1 Å². The van der Waals surface area contributed by atoms with Gasteiger partial charge in [0.1, 0.15) is 34.4 Å². The fourth-order valence-corrected chi connectivity index (χ4v) is 3.95. The number of halogens is 2. The van der Waals surface area contributed by atoms with E-state index in [0.29, 0.717) is 18.8 Å². The Morgan fingerprint density at radius 1 is 1.36 bits per heavy atom. The standard InChI is InChI=1S/C22H24ClFN6O3/c1-3-6-13(2)33-18-10-17(30-22(32)29-8-5-4-7-19(29)28-30)16(24)9-14(18)21(31)27-20-15(23)11-25-12-26-20/h9-13H,3-8H2,1-2H3,(H,25,26,27,31). The molecule has 1 amide bonds. The van der Waals surface area contributed by atoms with Crippen LogP contribution < -0.4 is 15.7 Å². The van der Waals surface area contributed by atoms with Gasteiger partial charge in [0.25, 0.3) is 5.91 Å². The van der Waals surface area contributed by atoms with Crippen molar-refractivity contribution in [2.24, 2.45) is 0 Å². The van der Waals surface area contributed by atoms with Crippen molar-refractivity contribution in [1.82, 2.24) is 24.3 Å². The van der Waals surface area contributed by atoms with Crippen LogP contribution >= 0.6 is 11.6 Å². The fourth-order valence-electron chi connectivity index (χ4n) is 3.80. The SMILES string of the molecule is CCCC(C)Oc1cc(-n2nc3n(c2=O)CCCC3)c(F)cc1C(=O)Nc1ncncc1Cl. The lowest BCUT2D eigenvalue weighted by Gasteiger charge is -2.18. The summed E-state index contributed by atoms with van der Waals surface area (Å²) >= 11 is 6.03. The lowest BCUT2D eigenvalue weighted by molar-refractivity contribution is 0.101. The molecular formula is C22H24ClFN6O3.